The lowest BCUT2D eigenvalue weighted by Gasteiger charge is -2.03. The lowest BCUT2D eigenvalue weighted by molar-refractivity contribution is 0.0393. The number of carbonyl (C=O) groups excluding carboxylic acids is 1. The number of fused-ring (bicyclic) bond motifs is 1. The van der Waals surface area contributed by atoms with Crippen LogP contribution in [-0.4, -0.2) is 35.8 Å². The van der Waals surface area contributed by atoms with E-state index in [-0.39, 0.29) is 12.2 Å². The van der Waals surface area contributed by atoms with E-state index in [1.165, 1.54) is 29.3 Å². The number of allylic oxidation sites excluding steroid dienone is 1. The third-order valence-electron chi connectivity index (χ3n) is 2.95. The van der Waals surface area contributed by atoms with Crippen molar-refractivity contribution in [1.29, 1.82) is 0 Å². The van der Waals surface area contributed by atoms with Gasteiger partial charge in [-0.2, -0.15) is 0 Å². The van der Waals surface area contributed by atoms with Crippen molar-refractivity contribution in [3.8, 4) is 0 Å². The second-order valence-electron chi connectivity index (χ2n) is 4.36. The fourth-order valence-electron chi connectivity index (χ4n) is 1.91. The summed E-state index contributed by atoms with van der Waals surface area (Å²) in [5.41, 5.74) is 0.429. The van der Waals surface area contributed by atoms with Gasteiger partial charge in [0.15, 0.2) is 0 Å². The molecule has 21 heavy (non-hydrogen) atoms. The van der Waals surface area contributed by atoms with Crippen molar-refractivity contribution in [2.24, 2.45) is 0 Å². The highest BCUT2D eigenvalue weighted by Gasteiger charge is 2.20. The van der Waals surface area contributed by atoms with Crippen LogP contribution in [0.5, 0.6) is 0 Å². The van der Waals surface area contributed by atoms with E-state index in [9.17, 15) is 9.59 Å². The monoisotopic (exact) mass is 308 g/mol. The number of nitrogens with zero attached hydrogens (tertiary/aromatic N) is 2. The second kappa shape index (κ2) is 6.64. The Hall–Kier alpha value is -1.99. The van der Waals surface area contributed by atoms with Gasteiger partial charge in [-0.3, -0.25) is 9.36 Å². The number of aromatic nitrogens is 2. The fourth-order valence-corrected chi connectivity index (χ4v) is 2.94. The highest BCUT2D eigenvalue weighted by Crippen LogP contribution is 2.27. The first kappa shape index (κ1) is 15.4. The topological polar surface area (TPSA) is 70.4 Å². The van der Waals surface area contributed by atoms with Crippen molar-refractivity contribution in [2.75, 3.05) is 20.3 Å². The molecule has 0 amide bonds. The molecule has 2 heterocycles. The third kappa shape index (κ3) is 3.03. The van der Waals surface area contributed by atoms with Gasteiger partial charge in [0, 0.05) is 13.7 Å². The number of aryl methyl sites for hydroxylation is 1. The molecule has 0 atom stereocenters. The number of esters is 1. The van der Waals surface area contributed by atoms with E-state index < -0.39 is 5.97 Å². The molecule has 2 aromatic rings. The Labute approximate surface area is 125 Å². The largest absolute Gasteiger partial charge is 0.459 e. The Morgan fingerprint density at radius 3 is 2.95 bits per heavy atom. The van der Waals surface area contributed by atoms with Crippen LogP contribution in [0.25, 0.3) is 10.2 Å². The van der Waals surface area contributed by atoms with E-state index in [2.05, 4.69) is 11.6 Å². The van der Waals surface area contributed by atoms with E-state index >= 15 is 0 Å². The van der Waals surface area contributed by atoms with Crippen LogP contribution < -0.4 is 5.56 Å². The molecule has 112 valence electrons. The average molecular weight is 308 g/mol. The van der Waals surface area contributed by atoms with Gasteiger partial charge in [-0.1, -0.05) is 6.08 Å². The van der Waals surface area contributed by atoms with Gasteiger partial charge in [-0.25, -0.2) is 9.78 Å². The second-order valence-corrected chi connectivity index (χ2v) is 5.35. The zero-order chi connectivity index (χ0) is 15.4. The van der Waals surface area contributed by atoms with E-state index in [0.717, 1.165) is 0 Å². The number of hydrogen-bond donors (Lipinski definition) is 0. The molecule has 0 radical (unpaired) electrons. The molecule has 0 aliphatic heterocycles. The summed E-state index contributed by atoms with van der Waals surface area (Å²) < 4.78 is 11.4. The maximum absolute atomic E-state index is 12.3. The summed E-state index contributed by atoms with van der Waals surface area (Å²) in [6.45, 7) is 6.22. The number of methoxy groups -OCH3 is 1. The smallest absolute Gasteiger partial charge is 0.348 e. The van der Waals surface area contributed by atoms with E-state index in [1.807, 2.05) is 0 Å². The van der Waals surface area contributed by atoms with Crippen molar-refractivity contribution in [3.63, 3.8) is 0 Å². The molecule has 0 aliphatic rings. The average Bonchev–Trinajstić information content (AvgIpc) is 2.80. The predicted octanol–water partition coefficient (Wildman–Crippen LogP) is 1.76. The maximum Gasteiger partial charge on any atom is 0.348 e. The van der Waals surface area contributed by atoms with Crippen LogP contribution in [0.2, 0.25) is 0 Å². The SMILES string of the molecule is C=CCn1cnc2sc(C(=O)OCCOC)c(C)c2c1=O. The molecule has 0 aromatic carbocycles. The van der Waals surface area contributed by atoms with Crippen LogP contribution >= 0.6 is 11.3 Å². The predicted molar refractivity (Wildman–Crippen MR) is 81.0 cm³/mol. The van der Waals surface area contributed by atoms with Crippen molar-refractivity contribution in [2.45, 2.75) is 13.5 Å². The highest BCUT2D eigenvalue weighted by molar-refractivity contribution is 7.20. The molecule has 0 saturated heterocycles. The Balaban J connectivity index is 2.41. The summed E-state index contributed by atoms with van der Waals surface area (Å²) in [5, 5.41) is 0.461. The zero-order valence-electron chi connectivity index (χ0n) is 11.9. The molecule has 0 unspecified atom stereocenters. The molecule has 7 heteroatoms. The Morgan fingerprint density at radius 1 is 1.52 bits per heavy atom. The number of thiophene rings is 1. The van der Waals surface area contributed by atoms with Crippen molar-refractivity contribution in [3.05, 3.63) is 39.8 Å². The molecule has 2 rings (SSSR count). The van der Waals surface area contributed by atoms with Crippen molar-refractivity contribution < 1.29 is 14.3 Å². The number of rotatable bonds is 6. The first-order chi connectivity index (χ1) is 10.1. The molecule has 0 bridgehead atoms. The van der Waals surface area contributed by atoms with Crippen molar-refractivity contribution >= 4 is 27.5 Å². The van der Waals surface area contributed by atoms with Crippen LogP contribution in [-0.2, 0) is 16.0 Å². The quantitative estimate of drug-likeness (QED) is 0.462. The third-order valence-corrected chi connectivity index (χ3v) is 4.13. The van der Waals surface area contributed by atoms with Gasteiger partial charge in [0.05, 0.1) is 18.3 Å². The molecule has 0 fully saturated rings. The molecule has 0 spiro atoms. The van der Waals surface area contributed by atoms with Gasteiger partial charge in [0.1, 0.15) is 16.3 Å². The van der Waals surface area contributed by atoms with Gasteiger partial charge in [0.2, 0.25) is 0 Å². The van der Waals surface area contributed by atoms with Gasteiger partial charge >= 0.3 is 5.97 Å². The minimum atomic E-state index is -0.456. The molecule has 2 aromatic heterocycles. The maximum atomic E-state index is 12.3. The molecule has 6 nitrogen and oxygen atoms in total. The summed E-state index contributed by atoms with van der Waals surface area (Å²) in [5.74, 6) is -0.456. The molecular weight excluding hydrogens is 292 g/mol. The van der Waals surface area contributed by atoms with E-state index in [4.69, 9.17) is 9.47 Å². The summed E-state index contributed by atoms with van der Waals surface area (Å²) in [4.78, 5) is 29.5. The highest BCUT2D eigenvalue weighted by atomic mass is 32.1. The van der Waals surface area contributed by atoms with E-state index in [0.29, 0.717) is 33.8 Å². The lowest BCUT2D eigenvalue weighted by atomic mass is 10.2. The normalized spacial score (nSPS) is 10.8. The van der Waals surface area contributed by atoms with Gasteiger partial charge in [-0.05, 0) is 12.5 Å². The summed E-state index contributed by atoms with van der Waals surface area (Å²) in [7, 11) is 1.53. The minimum absolute atomic E-state index is 0.176. The molecule has 0 aliphatic carbocycles. The molecule has 0 saturated carbocycles. The van der Waals surface area contributed by atoms with Gasteiger partial charge < -0.3 is 9.47 Å². The Bertz CT molecular complexity index is 732. The van der Waals surface area contributed by atoms with Crippen molar-refractivity contribution in [1.82, 2.24) is 9.55 Å². The van der Waals surface area contributed by atoms with Crippen LogP contribution in [0.4, 0.5) is 0 Å². The molecular formula is C14H16N2O4S. The number of ether oxygens (including phenoxy) is 2. The van der Waals surface area contributed by atoms with E-state index in [1.54, 1.807) is 13.0 Å². The zero-order valence-corrected chi connectivity index (χ0v) is 12.7. The summed E-state index contributed by atoms with van der Waals surface area (Å²) >= 11 is 1.17. The number of carbonyl (C=O) groups is 1. The fraction of sp³-hybridized carbons (Fsp3) is 0.357. The first-order valence-corrected chi connectivity index (χ1v) is 7.17. The number of hydrogen-bond acceptors (Lipinski definition) is 6. The van der Waals surface area contributed by atoms with Crippen LogP contribution in [0.3, 0.4) is 0 Å². The van der Waals surface area contributed by atoms with Crippen LogP contribution in [0, 0.1) is 6.92 Å². The Morgan fingerprint density at radius 2 is 2.29 bits per heavy atom. The van der Waals surface area contributed by atoms with Gasteiger partial charge in [0.25, 0.3) is 5.56 Å². The lowest BCUT2D eigenvalue weighted by Crippen LogP contribution is -2.19. The summed E-state index contributed by atoms with van der Waals surface area (Å²) in [6.07, 6.45) is 3.08. The first-order valence-electron chi connectivity index (χ1n) is 6.35. The molecule has 0 N–H and O–H groups in total. The standard InChI is InChI=1S/C14H16N2O4S/c1-4-5-16-8-15-12-10(13(16)17)9(2)11(21-12)14(18)20-7-6-19-3/h4,8H,1,5-7H2,2-3H3. The summed E-state index contributed by atoms with van der Waals surface area (Å²) in [6, 6.07) is 0. The van der Waals surface area contributed by atoms with Crippen LogP contribution in [0.15, 0.2) is 23.8 Å². The van der Waals surface area contributed by atoms with Gasteiger partial charge in [-0.15, -0.1) is 17.9 Å². The Kier molecular flexibility index (Phi) is 4.87. The minimum Gasteiger partial charge on any atom is -0.459 e. The van der Waals surface area contributed by atoms with Crippen LogP contribution in [0.1, 0.15) is 15.2 Å².